The Balaban J connectivity index is 2.33. The van der Waals surface area contributed by atoms with Crippen LogP contribution in [0.2, 0.25) is 0 Å². The number of nitrogens with one attached hydrogen (secondary N) is 1. The van der Waals surface area contributed by atoms with Crippen molar-refractivity contribution in [3.8, 4) is 0 Å². The summed E-state index contributed by atoms with van der Waals surface area (Å²) in [7, 11) is -3.01. The van der Waals surface area contributed by atoms with Crippen LogP contribution in [-0.4, -0.2) is 44.7 Å². The number of unbranched alkanes of at least 4 members (excludes halogenated alkanes) is 1. The predicted octanol–water partition coefficient (Wildman–Crippen LogP) is 1.83. The summed E-state index contributed by atoms with van der Waals surface area (Å²) in [5.41, 5.74) is 0. The molecule has 1 heterocycles. The lowest BCUT2D eigenvalue weighted by atomic mass is 9.97. The Bertz CT molecular complexity index is 317. The van der Waals surface area contributed by atoms with Crippen molar-refractivity contribution in [2.75, 3.05) is 31.9 Å². The maximum Gasteiger partial charge on any atom is 0.214 e. The molecule has 0 aromatic rings. The molecule has 0 aliphatic carbocycles. The largest absolute Gasteiger partial charge is 0.317 e. The van der Waals surface area contributed by atoms with Crippen LogP contribution in [0.1, 0.15) is 46.0 Å². The summed E-state index contributed by atoms with van der Waals surface area (Å²) in [5.74, 6) is 0.879. The van der Waals surface area contributed by atoms with Crippen molar-refractivity contribution in [1.29, 1.82) is 0 Å². The first kappa shape index (κ1) is 15.9. The third-order valence-corrected chi connectivity index (χ3v) is 5.63. The number of piperidine rings is 1. The highest BCUT2D eigenvalue weighted by Crippen LogP contribution is 2.22. The molecule has 1 unspecified atom stereocenters. The van der Waals surface area contributed by atoms with Gasteiger partial charge in [-0.25, -0.2) is 12.7 Å². The monoisotopic (exact) mass is 276 g/mol. The summed E-state index contributed by atoms with van der Waals surface area (Å²) in [5, 5.41) is 3.22. The van der Waals surface area contributed by atoms with Crippen LogP contribution in [0.3, 0.4) is 0 Å². The van der Waals surface area contributed by atoms with Crippen LogP contribution >= 0.6 is 0 Å². The van der Waals surface area contributed by atoms with E-state index < -0.39 is 10.0 Å². The highest BCUT2D eigenvalue weighted by Gasteiger charge is 2.27. The van der Waals surface area contributed by atoms with E-state index in [1.165, 1.54) is 6.42 Å². The van der Waals surface area contributed by atoms with Crippen LogP contribution in [-0.2, 0) is 10.0 Å². The molecule has 108 valence electrons. The molecule has 4 nitrogen and oxygen atoms in total. The van der Waals surface area contributed by atoms with Crippen molar-refractivity contribution in [3.63, 3.8) is 0 Å². The zero-order valence-corrected chi connectivity index (χ0v) is 12.6. The van der Waals surface area contributed by atoms with Crippen LogP contribution in [0.4, 0.5) is 0 Å². The van der Waals surface area contributed by atoms with Gasteiger partial charge in [0.05, 0.1) is 5.75 Å². The Hall–Kier alpha value is -0.130. The first-order valence-electron chi connectivity index (χ1n) is 7.28. The van der Waals surface area contributed by atoms with E-state index in [4.69, 9.17) is 0 Å². The second-order valence-electron chi connectivity index (χ2n) is 5.15. The van der Waals surface area contributed by atoms with Crippen molar-refractivity contribution < 1.29 is 8.42 Å². The summed E-state index contributed by atoms with van der Waals surface area (Å²) in [6, 6.07) is 0. The minimum Gasteiger partial charge on any atom is -0.317 e. The molecule has 5 heteroatoms. The van der Waals surface area contributed by atoms with Crippen molar-refractivity contribution in [2.24, 2.45) is 5.92 Å². The standard InChI is InChI=1S/C13H28N2O2S/c1-3-13-8-7-10-15(12-13)18(16,17)11-6-5-9-14-4-2/h13-14H,3-12H2,1-2H3. The SMILES string of the molecule is CCNCCCCS(=O)(=O)N1CCCC(CC)C1. The van der Waals surface area contributed by atoms with Gasteiger partial charge in [-0.3, -0.25) is 0 Å². The number of rotatable bonds is 8. The molecule has 1 aliphatic heterocycles. The van der Waals surface area contributed by atoms with E-state index in [9.17, 15) is 8.42 Å². The fourth-order valence-electron chi connectivity index (χ4n) is 2.45. The Morgan fingerprint density at radius 2 is 2.06 bits per heavy atom. The molecular weight excluding hydrogens is 248 g/mol. The lowest BCUT2D eigenvalue weighted by molar-refractivity contribution is 0.261. The smallest absolute Gasteiger partial charge is 0.214 e. The normalized spacial score (nSPS) is 22.2. The van der Waals surface area contributed by atoms with Crippen LogP contribution in [0.15, 0.2) is 0 Å². The van der Waals surface area contributed by atoms with Gasteiger partial charge in [0.1, 0.15) is 0 Å². The zero-order valence-electron chi connectivity index (χ0n) is 11.8. The van der Waals surface area contributed by atoms with E-state index in [0.717, 1.165) is 51.9 Å². The molecule has 0 aromatic carbocycles. The highest BCUT2D eigenvalue weighted by atomic mass is 32.2. The lowest BCUT2D eigenvalue weighted by Crippen LogP contribution is -2.41. The van der Waals surface area contributed by atoms with Crippen molar-refractivity contribution in [2.45, 2.75) is 46.0 Å². The van der Waals surface area contributed by atoms with Crippen LogP contribution in [0.25, 0.3) is 0 Å². The maximum atomic E-state index is 12.2. The van der Waals surface area contributed by atoms with Gasteiger partial charge in [-0.1, -0.05) is 20.3 Å². The van der Waals surface area contributed by atoms with Crippen molar-refractivity contribution in [1.82, 2.24) is 9.62 Å². The van der Waals surface area contributed by atoms with Crippen molar-refractivity contribution >= 4 is 10.0 Å². The number of hydrogen-bond acceptors (Lipinski definition) is 3. The third-order valence-electron chi connectivity index (χ3n) is 3.71. The van der Waals surface area contributed by atoms with E-state index >= 15 is 0 Å². The molecule has 1 atom stereocenters. The molecule has 1 rings (SSSR count). The summed E-state index contributed by atoms with van der Waals surface area (Å²) >= 11 is 0. The Morgan fingerprint density at radius 3 is 2.72 bits per heavy atom. The fourth-order valence-corrected chi connectivity index (χ4v) is 4.13. The summed E-state index contributed by atoms with van der Waals surface area (Å²) in [6.07, 6.45) is 5.01. The van der Waals surface area contributed by atoms with Gasteiger partial charge in [-0.2, -0.15) is 0 Å². The number of nitrogens with zero attached hydrogens (tertiary/aromatic N) is 1. The molecule has 18 heavy (non-hydrogen) atoms. The average molecular weight is 276 g/mol. The second-order valence-corrected chi connectivity index (χ2v) is 7.24. The summed E-state index contributed by atoms with van der Waals surface area (Å²) in [4.78, 5) is 0. The Morgan fingerprint density at radius 1 is 1.28 bits per heavy atom. The van der Waals surface area contributed by atoms with Gasteiger partial charge in [0.25, 0.3) is 0 Å². The van der Waals surface area contributed by atoms with Gasteiger partial charge in [-0.15, -0.1) is 0 Å². The fraction of sp³-hybridized carbons (Fsp3) is 1.00. The summed E-state index contributed by atoms with van der Waals surface area (Å²) < 4.78 is 26.1. The second kappa shape index (κ2) is 8.12. The molecular formula is C13H28N2O2S. The van der Waals surface area contributed by atoms with E-state index in [1.807, 2.05) is 0 Å². The highest BCUT2D eigenvalue weighted by molar-refractivity contribution is 7.89. The predicted molar refractivity (Wildman–Crippen MR) is 76.2 cm³/mol. The van der Waals surface area contributed by atoms with Gasteiger partial charge < -0.3 is 5.32 Å². The molecule has 0 aromatic heterocycles. The molecule has 1 fully saturated rings. The Labute approximate surface area is 112 Å². The van der Waals surface area contributed by atoms with E-state index in [2.05, 4.69) is 19.2 Å². The molecule has 0 bridgehead atoms. The molecule has 0 saturated carbocycles. The number of sulfonamides is 1. The average Bonchev–Trinajstić information content (AvgIpc) is 2.38. The van der Waals surface area contributed by atoms with E-state index in [0.29, 0.717) is 11.7 Å². The lowest BCUT2D eigenvalue weighted by Gasteiger charge is -2.31. The van der Waals surface area contributed by atoms with Crippen molar-refractivity contribution in [3.05, 3.63) is 0 Å². The molecule has 1 aliphatic rings. The minimum absolute atomic E-state index is 0.314. The van der Waals surface area contributed by atoms with Gasteiger partial charge in [0.15, 0.2) is 0 Å². The zero-order chi connectivity index (χ0) is 13.4. The van der Waals surface area contributed by atoms with Crippen LogP contribution in [0.5, 0.6) is 0 Å². The first-order valence-corrected chi connectivity index (χ1v) is 8.89. The minimum atomic E-state index is -3.01. The summed E-state index contributed by atoms with van der Waals surface area (Å²) in [6.45, 7) is 7.56. The molecule has 1 N–H and O–H groups in total. The van der Waals surface area contributed by atoms with Crippen LogP contribution < -0.4 is 5.32 Å². The quantitative estimate of drug-likeness (QED) is 0.688. The molecule has 0 amide bonds. The first-order chi connectivity index (χ1) is 8.60. The topological polar surface area (TPSA) is 49.4 Å². The van der Waals surface area contributed by atoms with Gasteiger partial charge >= 0.3 is 0 Å². The van der Waals surface area contributed by atoms with Crippen LogP contribution in [0, 0.1) is 5.92 Å². The van der Waals surface area contributed by atoms with Gasteiger partial charge in [0.2, 0.25) is 10.0 Å². The maximum absolute atomic E-state index is 12.2. The third kappa shape index (κ3) is 5.24. The van der Waals surface area contributed by atoms with Gasteiger partial charge in [-0.05, 0) is 44.7 Å². The molecule has 0 spiro atoms. The molecule has 1 saturated heterocycles. The van der Waals surface area contributed by atoms with E-state index in [1.54, 1.807) is 4.31 Å². The van der Waals surface area contributed by atoms with Gasteiger partial charge in [0, 0.05) is 13.1 Å². The number of hydrogen-bond donors (Lipinski definition) is 1. The molecule has 0 radical (unpaired) electrons. The van der Waals surface area contributed by atoms with E-state index in [-0.39, 0.29) is 0 Å². The Kier molecular flexibility index (Phi) is 7.19.